The zero-order valence-corrected chi connectivity index (χ0v) is 14.3. The van der Waals surface area contributed by atoms with E-state index in [1.807, 2.05) is 0 Å². The summed E-state index contributed by atoms with van der Waals surface area (Å²) in [5.74, 6) is 2.92. The number of amides is 1. The van der Waals surface area contributed by atoms with Crippen molar-refractivity contribution in [2.45, 2.75) is 44.9 Å². The maximum absolute atomic E-state index is 12.1. The number of fused-ring (bicyclic) bond motifs is 2. The van der Waals surface area contributed by atoms with E-state index in [2.05, 4.69) is 5.32 Å². The molecule has 0 aromatic carbocycles. The minimum Gasteiger partial charge on any atom is -0.356 e. The summed E-state index contributed by atoms with van der Waals surface area (Å²) in [5, 5.41) is 3.09. The van der Waals surface area contributed by atoms with Gasteiger partial charge in [0.15, 0.2) is 0 Å². The van der Waals surface area contributed by atoms with Crippen molar-refractivity contribution >= 4 is 15.9 Å². The first-order chi connectivity index (χ1) is 10.4. The van der Waals surface area contributed by atoms with Crippen molar-refractivity contribution < 1.29 is 13.2 Å². The first-order valence-corrected chi connectivity index (χ1v) is 10.5. The Morgan fingerprint density at radius 3 is 2.41 bits per heavy atom. The quantitative estimate of drug-likeness (QED) is 0.833. The second kappa shape index (κ2) is 6.48. The number of nitrogens with zero attached hydrogens (tertiary/aromatic N) is 1. The third kappa shape index (κ3) is 3.82. The van der Waals surface area contributed by atoms with Gasteiger partial charge in [-0.3, -0.25) is 4.79 Å². The van der Waals surface area contributed by atoms with Gasteiger partial charge in [-0.2, -0.15) is 0 Å². The summed E-state index contributed by atoms with van der Waals surface area (Å²) in [7, 11) is -3.06. The van der Waals surface area contributed by atoms with Crippen molar-refractivity contribution in [1.82, 2.24) is 9.62 Å². The molecular formula is C16H28N2O3S. The van der Waals surface area contributed by atoms with E-state index in [1.54, 1.807) is 4.31 Å². The average Bonchev–Trinajstić information content (AvgIpc) is 3.07. The normalized spacial score (nSPS) is 33.2. The van der Waals surface area contributed by atoms with E-state index in [-0.39, 0.29) is 5.91 Å². The van der Waals surface area contributed by atoms with Crippen LogP contribution in [0.5, 0.6) is 0 Å². The summed E-state index contributed by atoms with van der Waals surface area (Å²) in [4.78, 5) is 12.1. The molecule has 2 bridgehead atoms. The van der Waals surface area contributed by atoms with Crippen LogP contribution >= 0.6 is 0 Å². The summed E-state index contributed by atoms with van der Waals surface area (Å²) in [6.45, 7) is 1.88. The van der Waals surface area contributed by atoms with Gasteiger partial charge in [-0.05, 0) is 55.8 Å². The van der Waals surface area contributed by atoms with Crippen LogP contribution < -0.4 is 5.32 Å². The van der Waals surface area contributed by atoms with Crippen LogP contribution in [0.1, 0.15) is 44.9 Å². The highest BCUT2D eigenvalue weighted by molar-refractivity contribution is 7.88. The van der Waals surface area contributed by atoms with Gasteiger partial charge in [0, 0.05) is 26.1 Å². The molecule has 3 atom stereocenters. The van der Waals surface area contributed by atoms with Crippen molar-refractivity contribution in [1.29, 1.82) is 0 Å². The number of piperidine rings is 1. The Hall–Kier alpha value is -0.620. The summed E-state index contributed by atoms with van der Waals surface area (Å²) < 4.78 is 24.5. The molecule has 6 heteroatoms. The third-order valence-corrected chi connectivity index (χ3v) is 7.27. The van der Waals surface area contributed by atoms with Crippen molar-refractivity contribution in [2.75, 3.05) is 25.9 Å². The van der Waals surface area contributed by atoms with Gasteiger partial charge in [0.05, 0.1) is 6.26 Å². The van der Waals surface area contributed by atoms with Crippen LogP contribution in [0.2, 0.25) is 0 Å². The van der Waals surface area contributed by atoms with Crippen LogP contribution in [-0.4, -0.2) is 44.5 Å². The second-order valence-electron chi connectivity index (χ2n) is 7.55. The first-order valence-electron chi connectivity index (χ1n) is 8.63. The smallest absolute Gasteiger partial charge is 0.220 e. The van der Waals surface area contributed by atoms with Crippen LogP contribution in [0.25, 0.3) is 0 Å². The number of sulfonamides is 1. The zero-order valence-electron chi connectivity index (χ0n) is 13.5. The summed E-state index contributed by atoms with van der Waals surface area (Å²) >= 11 is 0. The highest BCUT2D eigenvalue weighted by Crippen LogP contribution is 2.49. The number of hydrogen-bond donors (Lipinski definition) is 1. The lowest BCUT2D eigenvalue weighted by molar-refractivity contribution is -0.122. The van der Waals surface area contributed by atoms with E-state index in [0.29, 0.717) is 37.9 Å². The molecular weight excluding hydrogens is 300 g/mol. The van der Waals surface area contributed by atoms with Gasteiger partial charge in [-0.15, -0.1) is 0 Å². The van der Waals surface area contributed by atoms with Crippen molar-refractivity contribution in [3.8, 4) is 0 Å². The number of carbonyl (C=O) groups excluding carboxylic acids is 1. The van der Waals surface area contributed by atoms with E-state index in [4.69, 9.17) is 0 Å². The molecule has 0 aromatic rings. The molecule has 3 unspecified atom stereocenters. The Kier molecular flexibility index (Phi) is 4.78. The van der Waals surface area contributed by atoms with Gasteiger partial charge in [-0.25, -0.2) is 12.7 Å². The molecule has 2 aliphatic carbocycles. The monoisotopic (exact) mass is 328 g/mol. The largest absolute Gasteiger partial charge is 0.356 e. The molecule has 1 N–H and O–H groups in total. The van der Waals surface area contributed by atoms with E-state index in [9.17, 15) is 13.2 Å². The van der Waals surface area contributed by atoms with E-state index in [0.717, 1.165) is 24.7 Å². The molecule has 1 amide bonds. The molecule has 126 valence electrons. The van der Waals surface area contributed by atoms with Crippen LogP contribution in [0.15, 0.2) is 0 Å². The van der Waals surface area contributed by atoms with Gasteiger partial charge in [0.1, 0.15) is 0 Å². The molecule has 5 nitrogen and oxygen atoms in total. The van der Waals surface area contributed by atoms with Crippen LogP contribution in [0.4, 0.5) is 0 Å². The van der Waals surface area contributed by atoms with E-state index >= 15 is 0 Å². The molecule has 0 radical (unpaired) electrons. The fourth-order valence-electron chi connectivity index (χ4n) is 4.64. The lowest BCUT2D eigenvalue weighted by Gasteiger charge is -2.30. The molecule has 3 fully saturated rings. The Morgan fingerprint density at radius 2 is 1.86 bits per heavy atom. The van der Waals surface area contributed by atoms with Crippen molar-refractivity contribution in [3.05, 3.63) is 0 Å². The molecule has 1 heterocycles. The Morgan fingerprint density at radius 1 is 1.14 bits per heavy atom. The second-order valence-corrected chi connectivity index (χ2v) is 9.53. The topological polar surface area (TPSA) is 66.5 Å². The summed E-state index contributed by atoms with van der Waals surface area (Å²) in [6.07, 6.45) is 8.97. The van der Waals surface area contributed by atoms with Gasteiger partial charge in [-0.1, -0.05) is 6.42 Å². The van der Waals surface area contributed by atoms with Crippen molar-refractivity contribution in [2.24, 2.45) is 23.7 Å². The highest BCUT2D eigenvalue weighted by Gasteiger charge is 2.40. The fraction of sp³-hybridized carbons (Fsp3) is 0.938. The molecule has 1 saturated heterocycles. The molecule has 0 spiro atoms. The molecule has 2 saturated carbocycles. The first kappa shape index (κ1) is 16.2. The maximum atomic E-state index is 12.1. The Labute approximate surface area is 133 Å². The predicted octanol–water partition coefficient (Wildman–Crippen LogP) is 1.60. The maximum Gasteiger partial charge on any atom is 0.220 e. The van der Waals surface area contributed by atoms with E-state index < -0.39 is 10.0 Å². The number of hydrogen-bond acceptors (Lipinski definition) is 3. The molecule has 3 rings (SSSR count). The average molecular weight is 328 g/mol. The van der Waals surface area contributed by atoms with Crippen LogP contribution in [0.3, 0.4) is 0 Å². The SMILES string of the molecule is CS(=O)(=O)N1CCC(CNC(=O)CC2CC3CCC2C3)CC1. The fourth-order valence-corrected chi connectivity index (χ4v) is 5.51. The van der Waals surface area contributed by atoms with Gasteiger partial charge >= 0.3 is 0 Å². The zero-order chi connectivity index (χ0) is 15.7. The molecule has 0 aromatic heterocycles. The summed E-state index contributed by atoms with van der Waals surface area (Å²) in [5.41, 5.74) is 0. The minimum atomic E-state index is -3.06. The van der Waals surface area contributed by atoms with Gasteiger partial charge in [0.25, 0.3) is 0 Å². The molecule has 1 aliphatic heterocycles. The molecule has 22 heavy (non-hydrogen) atoms. The van der Waals surface area contributed by atoms with Crippen molar-refractivity contribution in [3.63, 3.8) is 0 Å². The third-order valence-electron chi connectivity index (χ3n) is 5.96. The van der Waals surface area contributed by atoms with Gasteiger partial charge < -0.3 is 5.32 Å². The molecule has 3 aliphatic rings. The number of nitrogens with one attached hydrogen (secondary N) is 1. The van der Waals surface area contributed by atoms with Crippen LogP contribution in [-0.2, 0) is 14.8 Å². The Balaban J connectivity index is 1.36. The lowest BCUT2D eigenvalue weighted by Crippen LogP contribution is -2.41. The predicted molar refractivity (Wildman–Crippen MR) is 85.7 cm³/mol. The van der Waals surface area contributed by atoms with E-state index in [1.165, 1.54) is 31.9 Å². The number of carbonyl (C=O) groups is 1. The number of rotatable bonds is 5. The minimum absolute atomic E-state index is 0.197. The lowest BCUT2D eigenvalue weighted by atomic mass is 9.86. The van der Waals surface area contributed by atoms with Crippen LogP contribution in [0, 0.1) is 23.7 Å². The highest BCUT2D eigenvalue weighted by atomic mass is 32.2. The standard InChI is InChI=1S/C16H28N2O3S/c1-22(20,21)18-6-4-12(5-7-18)11-17-16(19)10-15-9-13-2-3-14(15)8-13/h12-15H,2-11H2,1H3,(H,17,19). The summed E-state index contributed by atoms with van der Waals surface area (Å²) in [6, 6.07) is 0. The Bertz CT molecular complexity index is 511. The van der Waals surface area contributed by atoms with Gasteiger partial charge in [0.2, 0.25) is 15.9 Å².